The molecular formula is C39H39F9N6O7. The molecule has 3 fully saturated rings. The quantitative estimate of drug-likeness (QED) is 0.158. The largest absolute Gasteiger partial charge is 0.508 e. The Kier molecular flexibility index (Phi) is 12.5. The van der Waals surface area contributed by atoms with Gasteiger partial charge in [0.15, 0.2) is 5.82 Å². The summed E-state index contributed by atoms with van der Waals surface area (Å²) >= 11 is 0. The predicted octanol–water partition coefficient (Wildman–Crippen LogP) is 6.86. The summed E-state index contributed by atoms with van der Waals surface area (Å²) in [6.07, 6.45) is -5.19. The van der Waals surface area contributed by atoms with Gasteiger partial charge in [0, 0.05) is 44.2 Å². The number of anilines is 1. The van der Waals surface area contributed by atoms with Gasteiger partial charge in [0.2, 0.25) is 5.91 Å². The smallest absolute Gasteiger partial charge is 0.490 e. The molecule has 13 nitrogen and oxygen atoms in total. The number of phenols is 1. The molecule has 4 N–H and O–H groups in total. The Morgan fingerprint density at radius 3 is 2.31 bits per heavy atom. The number of alkyl halides is 7. The summed E-state index contributed by atoms with van der Waals surface area (Å²) in [5.41, 5.74) is -0.616. The highest BCUT2D eigenvalue weighted by atomic mass is 19.4. The average molecular weight is 875 g/mol. The summed E-state index contributed by atoms with van der Waals surface area (Å²) in [5.74, 6) is -6.56. The molecule has 9 rings (SSSR count). The molecule has 3 saturated heterocycles. The van der Waals surface area contributed by atoms with Crippen LogP contribution in [0.1, 0.15) is 57.4 Å². The van der Waals surface area contributed by atoms with Crippen LogP contribution >= 0.6 is 0 Å². The minimum Gasteiger partial charge on any atom is -0.508 e. The van der Waals surface area contributed by atoms with E-state index >= 15 is 8.78 Å². The Labute approximate surface area is 340 Å². The monoisotopic (exact) mass is 874 g/mol. The van der Waals surface area contributed by atoms with Gasteiger partial charge in [-0.3, -0.25) is 14.7 Å². The van der Waals surface area contributed by atoms with Gasteiger partial charge in [-0.25, -0.2) is 22.8 Å². The number of aryl methyl sites for hydroxylation is 1. The molecule has 61 heavy (non-hydrogen) atoms. The molecule has 2 aromatic heterocycles. The average Bonchev–Trinajstić information content (AvgIpc) is 3.69. The molecule has 0 saturated carbocycles. The molecule has 0 spiro atoms. The number of nitrogens with zero attached hydrogens (tertiary/aromatic N) is 5. The zero-order valence-electron chi connectivity index (χ0n) is 32.3. The Bertz CT molecular complexity index is 2330. The summed E-state index contributed by atoms with van der Waals surface area (Å²) in [4.78, 5) is 49.1. The Hall–Kier alpha value is -5.67. The lowest BCUT2D eigenvalue weighted by atomic mass is 9.90. The number of halogens is 9. The number of piperidine rings is 1. The minimum absolute atomic E-state index is 0.0246. The van der Waals surface area contributed by atoms with Crippen LogP contribution in [-0.4, -0.2) is 115 Å². The molecule has 4 aromatic rings. The number of amides is 1. The summed E-state index contributed by atoms with van der Waals surface area (Å²) in [7, 11) is 0. The first kappa shape index (κ1) is 44.9. The van der Waals surface area contributed by atoms with E-state index in [-0.39, 0.29) is 53.9 Å². The van der Waals surface area contributed by atoms with Crippen molar-refractivity contribution < 1.29 is 74.0 Å². The first-order valence-electron chi connectivity index (χ1n) is 19.0. The third kappa shape index (κ3) is 9.78. The summed E-state index contributed by atoms with van der Waals surface area (Å²) in [5, 5.41) is 29.4. The molecular weight excluding hydrogens is 835 g/mol. The molecule has 3 atom stereocenters. The summed E-state index contributed by atoms with van der Waals surface area (Å²) in [6.45, 7) is 4.36. The van der Waals surface area contributed by atoms with E-state index in [9.17, 15) is 40.6 Å². The number of aromatic nitrogens is 3. The van der Waals surface area contributed by atoms with Crippen molar-refractivity contribution in [2.45, 2.75) is 87.9 Å². The van der Waals surface area contributed by atoms with Crippen LogP contribution in [0, 0.1) is 11.6 Å². The SMILES string of the molecule is C[C@@]12CCCN(C1)c1nc(OC[C@@]34CCCN3C[C@H](F)C4)nc3c(F)c(ncc13)-c1cc(O)cc3ccc(F)c(c13)CCCC(=O)N2.O=C(O)C(F)(F)F.O=C(O)C(F)(F)F. The fourth-order valence-corrected chi connectivity index (χ4v) is 8.44. The lowest BCUT2D eigenvalue weighted by Crippen LogP contribution is -2.57. The highest BCUT2D eigenvalue weighted by Gasteiger charge is 2.49. The molecule has 7 heterocycles. The van der Waals surface area contributed by atoms with Gasteiger partial charge in [-0.2, -0.15) is 36.3 Å². The van der Waals surface area contributed by atoms with Crippen molar-refractivity contribution in [1.29, 1.82) is 0 Å². The van der Waals surface area contributed by atoms with Crippen molar-refractivity contribution in [2.24, 2.45) is 0 Å². The van der Waals surface area contributed by atoms with E-state index in [1.54, 1.807) is 6.07 Å². The number of ether oxygens (including phenoxy) is 1. The fraction of sp³-hybridized carbons (Fsp3) is 0.487. The standard InChI is InChI=1S/C35H37F3N6O3.2C2HF3O2/c1-34-9-3-11-43(18-34)32-25-16-39-30(24-14-22(45)13-20-7-8-26(37)23(28(20)24)5-2-6-27(46)42-34)29(38)31(25)40-33(41-32)47-19-35-10-4-12-44(35)17-21(36)15-35;2*3-2(4,5)1(6)7/h7-8,13-14,16,21,45H,2-6,9-12,15,17-19H2,1H3,(H,42,46);2*(H,6,7)/t21-,34-,35+;;/m1../s1. The third-order valence-electron chi connectivity index (χ3n) is 11.0. The molecule has 5 aliphatic rings. The Morgan fingerprint density at radius 2 is 1.64 bits per heavy atom. The fourth-order valence-electron chi connectivity index (χ4n) is 8.44. The van der Waals surface area contributed by atoms with Gasteiger partial charge in [0.25, 0.3) is 0 Å². The number of benzene rings is 2. The molecule has 5 aliphatic heterocycles. The zero-order valence-corrected chi connectivity index (χ0v) is 32.3. The van der Waals surface area contributed by atoms with Gasteiger partial charge in [-0.1, -0.05) is 6.07 Å². The summed E-state index contributed by atoms with van der Waals surface area (Å²) in [6, 6.07) is 5.72. The van der Waals surface area contributed by atoms with Gasteiger partial charge in [-0.15, -0.1) is 0 Å². The van der Waals surface area contributed by atoms with Crippen molar-refractivity contribution >= 4 is 45.3 Å². The minimum atomic E-state index is -5.08. The van der Waals surface area contributed by atoms with Gasteiger partial charge < -0.3 is 30.3 Å². The van der Waals surface area contributed by atoms with E-state index in [0.29, 0.717) is 60.0 Å². The van der Waals surface area contributed by atoms with E-state index in [0.717, 1.165) is 32.2 Å². The lowest BCUT2D eigenvalue weighted by molar-refractivity contribution is -0.193. The van der Waals surface area contributed by atoms with Crippen LogP contribution in [0.2, 0.25) is 0 Å². The molecule has 0 unspecified atom stereocenters. The van der Waals surface area contributed by atoms with Crippen LogP contribution in [0.15, 0.2) is 30.5 Å². The molecule has 330 valence electrons. The molecule has 1 amide bonds. The number of nitrogens with one attached hydrogen (secondary N) is 1. The number of aliphatic carboxylic acids is 2. The van der Waals surface area contributed by atoms with Crippen LogP contribution in [0.3, 0.4) is 0 Å². The van der Waals surface area contributed by atoms with Crippen LogP contribution in [0.5, 0.6) is 11.8 Å². The lowest BCUT2D eigenvalue weighted by Gasteiger charge is -2.42. The van der Waals surface area contributed by atoms with E-state index in [4.69, 9.17) is 29.5 Å². The number of hydrogen-bond acceptors (Lipinski definition) is 10. The number of rotatable bonds is 3. The van der Waals surface area contributed by atoms with Crippen molar-refractivity contribution in [3.05, 3.63) is 47.7 Å². The van der Waals surface area contributed by atoms with E-state index in [1.165, 1.54) is 24.4 Å². The number of phenolic OH excluding ortho intramolecular Hbond substituents is 1. The topological polar surface area (TPSA) is 178 Å². The van der Waals surface area contributed by atoms with Crippen molar-refractivity contribution in [2.75, 3.05) is 37.7 Å². The number of carboxylic acids is 2. The van der Waals surface area contributed by atoms with Crippen molar-refractivity contribution in [3.8, 4) is 23.0 Å². The Morgan fingerprint density at radius 1 is 0.967 bits per heavy atom. The van der Waals surface area contributed by atoms with Gasteiger partial charge in [0.05, 0.1) is 16.5 Å². The van der Waals surface area contributed by atoms with E-state index in [1.807, 2.05) is 11.8 Å². The number of aromatic hydroxyl groups is 1. The number of hydrogen-bond donors (Lipinski definition) is 4. The maximum atomic E-state index is 16.9. The van der Waals surface area contributed by atoms with Gasteiger partial charge >= 0.3 is 30.3 Å². The molecule has 0 radical (unpaired) electrons. The number of carbonyl (C=O) groups is 3. The Balaban J connectivity index is 0.000000385. The molecule has 6 bridgehead atoms. The first-order chi connectivity index (χ1) is 28.5. The van der Waals surface area contributed by atoms with Crippen LogP contribution in [0.4, 0.5) is 45.3 Å². The van der Waals surface area contributed by atoms with Crippen molar-refractivity contribution in [3.63, 3.8) is 0 Å². The molecule has 0 aliphatic carbocycles. The zero-order chi connectivity index (χ0) is 44.7. The van der Waals surface area contributed by atoms with E-state index < -0.39 is 53.2 Å². The highest BCUT2D eigenvalue weighted by Crippen LogP contribution is 2.42. The number of pyridine rings is 1. The maximum Gasteiger partial charge on any atom is 0.490 e. The van der Waals surface area contributed by atoms with Crippen LogP contribution < -0.4 is 15.0 Å². The number of fused-ring (bicyclic) bond motifs is 6. The second kappa shape index (κ2) is 17.0. The molecule has 22 heteroatoms. The normalized spacial score (nSPS) is 22.9. The van der Waals surface area contributed by atoms with E-state index in [2.05, 4.69) is 20.2 Å². The highest BCUT2D eigenvalue weighted by molar-refractivity contribution is 6.02. The second-order valence-electron chi connectivity index (χ2n) is 15.6. The second-order valence-corrected chi connectivity index (χ2v) is 15.6. The number of carbonyl (C=O) groups excluding carboxylic acids is 1. The van der Waals surface area contributed by atoms with Crippen LogP contribution in [-0.2, 0) is 20.8 Å². The first-order valence-corrected chi connectivity index (χ1v) is 19.0. The maximum absolute atomic E-state index is 16.9. The van der Waals surface area contributed by atoms with Gasteiger partial charge in [0.1, 0.15) is 41.4 Å². The van der Waals surface area contributed by atoms with Crippen molar-refractivity contribution in [1.82, 2.24) is 25.2 Å². The van der Waals surface area contributed by atoms with Crippen LogP contribution in [0.25, 0.3) is 32.9 Å². The number of carboxylic acid groups (broad SMARTS) is 2. The third-order valence-corrected chi connectivity index (χ3v) is 11.0. The molecule has 2 aromatic carbocycles. The summed E-state index contributed by atoms with van der Waals surface area (Å²) < 4.78 is 117. The van der Waals surface area contributed by atoms with Gasteiger partial charge in [-0.05, 0) is 86.5 Å². The predicted molar refractivity (Wildman–Crippen MR) is 199 cm³/mol.